The fraction of sp³-hybridized carbons (Fsp3) is 0.143. The summed E-state index contributed by atoms with van der Waals surface area (Å²) in [4.78, 5) is 3.40. The molecule has 4 heteroatoms. The Bertz CT molecular complexity index is 227. The van der Waals surface area contributed by atoms with E-state index < -0.39 is 6.86 Å². The van der Waals surface area contributed by atoms with Crippen molar-refractivity contribution in [3.05, 3.63) is 24.3 Å². The van der Waals surface area contributed by atoms with E-state index in [1.165, 1.54) is 24.3 Å². The number of hydrogen-bond donors (Lipinski definition) is 0. The van der Waals surface area contributed by atoms with Crippen LogP contribution in [0.25, 0.3) is 0 Å². The molecule has 0 bridgehead atoms. The van der Waals surface area contributed by atoms with Crippen molar-refractivity contribution in [2.45, 2.75) is 0 Å². The lowest BCUT2D eigenvalue weighted by molar-refractivity contribution is -0.00656. The molecule has 0 unspecified atom stereocenters. The predicted octanol–water partition coefficient (Wildman–Crippen LogP) is 2.26. The van der Waals surface area contributed by atoms with Crippen LogP contribution in [0, 0.1) is 0 Å². The van der Waals surface area contributed by atoms with Gasteiger partial charge in [0, 0.05) is 10.6 Å². The quantitative estimate of drug-likeness (QED) is 0.675. The van der Waals surface area contributed by atoms with Gasteiger partial charge in [-0.25, -0.2) is 4.39 Å². The maximum Gasteiger partial charge on any atom is 0.228 e. The van der Waals surface area contributed by atoms with Crippen LogP contribution in [0.3, 0.4) is 0 Å². The lowest BCUT2D eigenvalue weighted by Gasteiger charge is -2.00. The van der Waals surface area contributed by atoms with Gasteiger partial charge in [0.2, 0.25) is 6.86 Å². The topological polar surface area (TPSA) is 18.5 Å². The third-order valence-electron chi connectivity index (χ3n) is 1.12. The molecule has 0 aliphatic rings. The molecule has 0 radical (unpaired) electrons. The zero-order valence-corrected chi connectivity index (χ0v) is 5.59. The third kappa shape index (κ3) is 2.07. The lowest BCUT2D eigenvalue weighted by Crippen LogP contribution is -1.89. The maximum atomic E-state index is 11.6. The van der Waals surface area contributed by atoms with E-state index in [1.807, 2.05) is 0 Å². The Kier molecular flexibility index (Phi) is 2.66. The first-order valence-corrected chi connectivity index (χ1v) is 2.94. The van der Waals surface area contributed by atoms with Crippen molar-refractivity contribution in [1.82, 2.24) is 0 Å². The van der Waals surface area contributed by atoms with Crippen LogP contribution >= 0.6 is 0 Å². The lowest BCUT2D eigenvalue weighted by atomic mass is 10.3. The highest BCUT2D eigenvalue weighted by molar-refractivity contribution is 5.32. The van der Waals surface area contributed by atoms with Crippen molar-refractivity contribution in [2.24, 2.45) is 0 Å². The van der Waals surface area contributed by atoms with Gasteiger partial charge < -0.3 is 4.74 Å². The first-order chi connectivity index (χ1) is 5.36. The highest BCUT2D eigenvalue weighted by Crippen LogP contribution is 2.19. The van der Waals surface area contributed by atoms with Crippen LogP contribution < -0.4 is 9.68 Å². The highest BCUT2D eigenvalue weighted by Gasteiger charge is 1.96. The summed E-state index contributed by atoms with van der Waals surface area (Å²) in [7, 11) is 0. The molecule has 60 valence electrons. The van der Waals surface area contributed by atoms with Crippen LogP contribution in [0.1, 0.15) is 0 Å². The monoisotopic (exact) mass is 160 g/mol. The molecule has 0 N–H and O–H groups in total. The van der Waals surface area contributed by atoms with Gasteiger partial charge in [-0.2, -0.15) is 0 Å². The Morgan fingerprint density at radius 1 is 1.27 bits per heavy atom. The fourth-order valence-electron chi connectivity index (χ4n) is 0.675. The number of hydrogen-bond acceptors (Lipinski definition) is 2. The zero-order valence-electron chi connectivity index (χ0n) is 5.59. The average Bonchev–Trinajstić information content (AvgIpc) is 2.06. The van der Waals surface area contributed by atoms with Crippen molar-refractivity contribution >= 4 is 0 Å². The van der Waals surface area contributed by atoms with Crippen molar-refractivity contribution in [2.75, 3.05) is 6.86 Å². The standard InChI is InChI=1S/C7H6F2O2/c8-5-10-6-2-1-3-7(4-6)11-9/h1-4H,5H2. The molecule has 0 atom stereocenters. The SMILES string of the molecule is FCOc1cccc(OF)c1. The minimum absolute atomic E-state index is 0.00375. The third-order valence-corrected chi connectivity index (χ3v) is 1.12. The van der Waals surface area contributed by atoms with Crippen molar-refractivity contribution in [1.29, 1.82) is 0 Å². The summed E-state index contributed by atoms with van der Waals surface area (Å²) in [5.74, 6) is 0.235. The van der Waals surface area contributed by atoms with E-state index in [1.54, 1.807) is 0 Å². The van der Waals surface area contributed by atoms with E-state index in [0.717, 1.165) is 0 Å². The maximum absolute atomic E-state index is 11.6. The molecule has 11 heavy (non-hydrogen) atoms. The Balaban J connectivity index is 2.74. The van der Waals surface area contributed by atoms with Crippen LogP contribution in [0.4, 0.5) is 8.92 Å². The number of halogens is 2. The second-order valence-electron chi connectivity index (χ2n) is 1.81. The summed E-state index contributed by atoms with van der Waals surface area (Å²) in [6, 6.07) is 5.65. The summed E-state index contributed by atoms with van der Waals surface area (Å²) in [6.45, 7) is -0.935. The van der Waals surface area contributed by atoms with E-state index in [9.17, 15) is 8.92 Å². The van der Waals surface area contributed by atoms with Crippen LogP contribution in [0.5, 0.6) is 11.5 Å². The molecule has 0 aliphatic carbocycles. The van der Waals surface area contributed by atoms with Crippen molar-refractivity contribution < 1.29 is 18.6 Å². The molecule has 1 aromatic carbocycles. The molecule has 0 saturated heterocycles. The smallest absolute Gasteiger partial charge is 0.228 e. The first-order valence-electron chi connectivity index (χ1n) is 2.94. The largest absolute Gasteiger partial charge is 0.463 e. The molecule has 0 amide bonds. The van der Waals surface area contributed by atoms with Gasteiger partial charge in [0.1, 0.15) is 5.75 Å². The molecule has 1 rings (SSSR count). The molecule has 0 saturated carbocycles. The van der Waals surface area contributed by atoms with Crippen molar-refractivity contribution in [3.8, 4) is 11.5 Å². The summed E-state index contributed by atoms with van der Waals surface area (Å²) < 4.78 is 27.5. The van der Waals surface area contributed by atoms with Gasteiger partial charge in [0.25, 0.3) is 0 Å². The molecular weight excluding hydrogens is 154 g/mol. The Hall–Kier alpha value is -1.32. The van der Waals surface area contributed by atoms with Crippen molar-refractivity contribution in [3.63, 3.8) is 0 Å². The number of benzene rings is 1. The van der Waals surface area contributed by atoms with Gasteiger partial charge in [-0.1, -0.05) is 6.07 Å². The molecule has 1 aromatic rings. The second kappa shape index (κ2) is 3.75. The molecular formula is C7H6F2O2. The van der Waals surface area contributed by atoms with Gasteiger partial charge in [0.15, 0.2) is 5.75 Å². The number of alkyl halides is 1. The summed E-state index contributed by atoms with van der Waals surface area (Å²) in [5.41, 5.74) is 0. The molecule has 0 heterocycles. The van der Waals surface area contributed by atoms with Gasteiger partial charge in [-0.05, 0) is 12.1 Å². The van der Waals surface area contributed by atoms with Gasteiger partial charge in [0.05, 0.1) is 0 Å². The minimum atomic E-state index is -0.935. The fourth-order valence-corrected chi connectivity index (χ4v) is 0.675. The highest BCUT2D eigenvalue weighted by atomic mass is 19.3. The first kappa shape index (κ1) is 7.78. The van der Waals surface area contributed by atoms with E-state index in [-0.39, 0.29) is 11.5 Å². The van der Waals surface area contributed by atoms with Crippen LogP contribution in [0.15, 0.2) is 24.3 Å². The summed E-state index contributed by atoms with van der Waals surface area (Å²) in [5, 5.41) is 0. The van der Waals surface area contributed by atoms with Crippen LogP contribution in [0.2, 0.25) is 0 Å². The molecule has 0 aromatic heterocycles. The van der Waals surface area contributed by atoms with Crippen LogP contribution in [-0.2, 0) is 0 Å². The Morgan fingerprint density at radius 3 is 2.64 bits per heavy atom. The molecule has 0 fully saturated rings. The van der Waals surface area contributed by atoms with Gasteiger partial charge in [-0.3, -0.25) is 4.94 Å². The predicted molar refractivity (Wildman–Crippen MR) is 34.8 cm³/mol. The average molecular weight is 160 g/mol. The summed E-state index contributed by atoms with van der Waals surface area (Å²) in [6.07, 6.45) is 0. The number of rotatable bonds is 3. The number of ether oxygens (including phenoxy) is 1. The minimum Gasteiger partial charge on any atom is -0.463 e. The zero-order chi connectivity index (χ0) is 8.10. The molecule has 2 nitrogen and oxygen atoms in total. The normalized spacial score (nSPS) is 9.27. The molecule has 0 spiro atoms. The second-order valence-corrected chi connectivity index (χ2v) is 1.81. The van der Waals surface area contributed by atoms with E-state index >= 15 is 0 Å². The van der Waals surface area contributed by atoms with Gasteiger partial charge >= 0.3 is 0 Å². The molecule has 0 aliphatic heterocycles. The Labute approximate surface area is 62.3 Å². The van der Waals surface area contributed by atoms with E-state index in [0.29, 0.717) is 0 Å². The summed E-state index contributed by atoms with van der Waals surface area (Å²) >= 11 is 0. The van der Waals surface area contributed by atoms with Gasteiger partial charge in [-0.15, -0.1) is 0 Å². The van der Waals surface area contributed by atoms with E-state index in [2.05, 4.69) is 9.68 Å². The Morgan fingerprint density at radius 2 is 2.00 bits per heavy atom. The van der Waals surface area contributed by atoms with E-state index in [4.69, 9.17) is 0 Å². The van der Waals surface area contributed by atoms with Crippen LogP contribution in [-0.4, -0.2) is 6.86 Å².